The first-order valence-electron chi connectivity index (χ1n) is 8.79. The molecular formula is C20H22N4O4. The third-order valence-corrected chi connectivity index (χ3v) is 4.40. The van der Waals surface area contributed by atoms with Crippen molar-refractivity contribution in [1.82, 2.24) is 20.0 Å². The fourth-order valence-corrected chi connectivity index (χ4v) is 2.88. The molecule has 28 heavy (non-hydrogen) atoms. The van der Waals surface area contributed by atoms with Crippen LogP contribution in [0.3, 0.4) is 0 Å². The van der Waals surface area contributed by atoms with Crippen LogP contribution in [0, 0.1) is 13.8 Å². The van der Waals surface area contributed by atoms with Gasteiger partial charge in [-0.3, -0.25) is 29.6 Å². The Morgan fingerprint density at radius 1 is 1.00 bits per heavy atom. The molecule has 1 aromatic heterocycles. The quantitative estimate of drug-likeness (QED) is 0.648. The van der Waals surface area contributed by atoms with Crippen LogP contribution in [-0.2, 0) is 23.2 Å². The number of hydrogen-bond donors (Lipinski definition) is 2. The van der Waals surface area contributed by atoms with Gasteiger partial charge in [-0.25, -0.2) is 4.79 Å². The van der Waals surface area contributed by atoms with Gasteiger partial charge in [-0.1, -0.05) is 24.3 Å². The maximum Gasteiger partial charge on any atom is 0.329 e. The van der Waals surface area contributed by atoms with Crippen molar-refractivity contribution in [3.05, 3.63) is 64.1 Å². The van der Waals surface area contributed by atoms with Crippen LogP contribution < -0.4 is 21.3 Å². The van der Waals surface area contributed by atoms with Crippen molar-refractivity contribution < 1.29 is 14.3 Å². The Morgan fingerprint density at radius 2 is 1.68 bits per heavy atom. The number of nitrogens with one attached hydrogen (secondary N) is 2. The maximum atomic E-state index is 12.3. The van der Waals surface area contributed by atoms with Crippen molar-refractivity contribution in [2.75, 3.05) is 6.61 Å². The molecule has 0 saturated carbocycles. The highest BCUT2D eigenvalue weighted by molar-refractivity contribution is 5.84. The molecule has 0 aliphatic heterocycles. The Kier molecular flexibility index (Phi) is 5.49. The monoisotopic (exact) mass is 382 g/mol. The lowest BCUT2D eigenvalue weighted by Crippen LogP contribution is -2.45. The minimum absolute atomic E-state index is 0.210. The summed E-state index contributed by atoms with van der Waals surface area (Å²) in [7, 11) is 1.64. The first-order valence-corrected chi connectivity index (χ1v) is 8.79. The van der Waals surface area contributed by atoms with Crippen molar-refractivity contribution in [2.45, 2.75) is 20.4 Å². The molecule has 0 aliphatic rings. The lowest BCUT2D eigenvalue weighted by atomic mass is 10.1. The van der Waals surface area contributed by atoms with Crippen molar-refractivity contribution in [3.63, 3.8) is 0 Å². The minimum atomic E-state index is -0.515. The van der Waals surface area contributed by atoms with Gasteiger partial charge >= 0.3 is 5.69 Å². The summed E-state index contributed by atoms with van der Waals surface area (Å²) in [5.41, 5.74) is 7.61. The smallest absolute Gasteiger partial charge is 0.329 e. The van der Waals surface area contributed by atoms with Crippen LogP contribution in [0.2, 0.25) is 0 Å². The summed E-state index contributed by atoms with van der Waals surface area (Å²) >= 11 is 0. The molecule has 3 aromatic rings. The van der Waals surface area contributed by atoms with Crippen LogP contribution in [0.5, 0.6) is 5.75 Å². The van der Waals surface area contributed by atoms with E-state index in [4.69, 9.17) is 4.74 Å². The number of imidazole rings is 1. The SMILES string of the molecule is Cc1ccc(C)c(OCC(=O)NNC(=O)Cn2c(=O)n(C)c3ccccc32)c1. The Bertz CT molecular complexity index is 1100. The molecule has 1 heterocycles. The van der Waals surface area contributed by atoms with E-state index in [9.17, 15) is 14.4 Å². The summed E-state index contributed by atoms with van der Waals surface area (Å²) in [5.74, 6) is -0.401. The van der Waals surface area contributed by atoms with Gasteiger partial charge in [0.15, 0.2) is 6.61 Å². The average Bonchev–Trinajstić information content (AvgIpc) is 2.92. The molecule has 0 saturated heterocycles. The van der Waals surface area contributed by atoms with Crippen LogP contribution in [0.1, 0.15) is 11.1 Å². The van der Waals surface area contributed by atoms with Crippen LogP contribution >= 0.6 is 0 Å². The lowest BCUT2D eigenvalue weighted by molar-refractivity contribution is -0.130. The number of rotatable bonds is 5. The van der Waals surface area contributed by atoms with E-state index in [1.807, 2.05) is 38.1 Å². The number of hydrazine groups is 1. The highest BCUT2D eigenvalue weighted by Gasteiger charge is 2.14. The number of aryl methyl sites for hydroxylation is 3. The number of carbonyl (C=O) groups is 2. The van der Waals surface area contributed by atoms with E-state index < -0.39 is 11.8 Å². The summed E-state index contributed by atoms with van der Waals surface area (Å²) < 4.78 is 8.31. The third kappa shape index (κ3) is 4.06. The van der Waals surface area contributed by atoms with Gasteiger partial charge in [-0.2, -0.15) is 0 Å². The average molecular weight is 382 g/mol. The second-order valence-corrected chi connectivity index (χ2v) is 6.57. The van der Waals surface area contributed by atoms with Gasteiger partial charge in [0.05, 0.1) is 11.0 Å². The van der Waals surface area contributed by atoms with Gasteiger partial charge in [0, 0.05) is 7.05 Å². The molecule has 2 amide bonds. The van der Waals surface area contributed by atoms with E-state index in [1.165, 1.54) is 9.13 Å². The van der Waals surface area contributed by atoms with Crippen LogP contribution in [0.25, 0.3) is 11.0 Å². The van der Waals surface area contributed by atoms with E-state index in [2.05, 4.69) is 10.9 Å². The number of benzene rings is 2. The maximum absolute atomic E-state index is 12.3. The first kappa shape index (κ1) is 19.2. The fourth-order valence-electron chi connectivity index (χ4n) is 2.88. The molecule has 0 aliphatic carbocycles. The standard InChI is InChI=1S/C20H22N4O4/c1-13-8-9-14(2)17(10-13)28-12-19(26)22-21-18(25)11-24-16-7-5-4-6-15(16)23(3)20(24)27/h4-10H,11-12H2,1-3H3,(H,21,25)(H,22,26). The Labute approximate surface area is 161 Å². The van der Waals surface area contributed by atoms with Crippen LogP contribution in [0.4, 0.5) is 0 Å². The first-order chi connectivity index (χ1) is 13.4. The zero-order chi connectivity index (χ0) is 20.3. The van der Waals surface area contributed by atoms with E-state index in [0.717, 1.165) is 16.6 Å². The fraction of sp³-hybridized carbons (Fsp3) is 0.250. The molecule has 0 bridgehead atoms. The van der Waals surface area contributed by atoms with Crippen molar-refractivity contribution in [3.8, 4) is 5.75 Å². The van der Waals surface area contributed by atoms with Gasteiger partial charge in [-0.15, -0.1) is 0 Å². The number of amides is 2. The molecular weight excluding hydrogens is 360 g/mol. The van der Waals surface area contributed by atoms with Crippen LogP contribution in [-0.4, -0.2) is 27.6 Å². The summed E-state index contributed by atoms with van der Waals surface area (Å²) in [6.07, 6.45) is 0. The number of para-hydroxylation sites is 2. The molecule has 0 unspecified atom stereocenters. The van der Waals surface area contributed by atoms with E-state index in [0.29, 0.717) is 11.3 Å². The molecule has 0 fully saturated rings. The topological polar surface area (TPSA) is 94.4 Å². The second-order valence-electron chi connectivity index (χ2n) is 6.57. The highest BCUT2D eigenvalue weighted by atomic mass is 16.5. The number of nitrogens with zero attached hydrogens (tertiary/aromatic N) is 2. The van der Waals surface area contributed by atoms with E-state index in [1.54, 1.807) is 25.2 Å². The minimum Gasteiger partial charge on any atom is -0.483 e. The molecule has 146 valence electrons. The molecule has 2 N–H and O–H groups in total. The summed E-state index contributed by atoms with van der Waals surface area (Å²) in [6.45, 7) is 3.37. The van der Waals surface area contributed by atoms with Gasteiger partial charge in [0.2, 0.25) is 0 Å². The molecule has 0 radical (unpaired) electrons. The molecule has 8 nitrogen and oxygen atoms in total. The molecule has 8 heteroatoms. The van der Waals surface area contributed by atoms with Gasteiger partial charge in [0.1, 0.15) is 12.3 Å². The van der Waals surface area contributed by atoms with Crippen LogP contribution in [0.15, 0.2) is 47.3 Å². The Hall–Kier alpha value is -3.55. The third-order valence-electron chi connectivity index (χ3n) is 4.40. The van der Waals surface area contributed by atoms with E-state index in [-0.39, 0.29) is 18.8 Å². The molecule has 0 atom stereocenters. The molecule has 3 rings (SSSR count). The summed E-state index contributed by atoms with van der Waals surface area (Å²) in [5, 5.41) is 0. The Balaban J connectivity index is 1.56. The number of ether oxygens (including phenoxy) is 1. The normalized spacial score (nSPS) is 10.7. The Morgan fingerprint density at radius 3 is 2.43 bits per heavy atom. The largest absolute Gasteiger partial charge is 0.483 e. The highest BCUT2D eigenvalue weighted by Crippen LogP contribution is 2.18. The van der Waals surface area contributed by atoms with E-state index >= 15 is 0 Å². The predicted octanol–water partition coefficient (Wildman–Crippen LogP) is 1.18. The van der Waals surface area contributed by atoms with Gasteiger partial charge in [-0.05, 0) is 43.2 Å². The number of carbonyl (C=O) groups excluding carboxylic acids is 2. The number of hydrogen-bond acceptors (Lipinski definition) is 4. The molecule has 2 aromatic carbocycles. The number of aromatic nitrogens is 2. The lowest BCUT2D eigenvalue weighted by Gasteiger charge is -2.11. The molecule has 0 spiro atoms. The summed E-state index contributed by atoms with van der Waals surface area (Å²) in [4.78, 5) is 36.4. The van der Waals surface area contributed by atoms with Crippen molar-refractivity contribution in [2.24, 2.45) is 7.05 Å². The zero-order valence-corrected chi connectivity index (χ0v) is 16.0. The summed E-state index contributed by atoms with van der Waals surface area (Å²) in [6, 6.07) is 12.9. The van der Waals surface area contributed by atoms with Gasteiger partial charge < -0.3 is 4.74 Å². The van der Waals surface area contributed by atoms with Crippen molar-refractivity contribution in [1.29, 1.82) is 0 Å². The second kappa shape index (κ2) is 7.99. The zero-order valence-electron chi connectivity index (χ0n) is 16.0. The predicted molar refractivity (Wildman–Crippen MR) is 105 cm³/mol. The number of fused-ring (bicyclic) bond motifs is 1. The van der Waals surface area contributed by atoms with Gasteiger partial charge in [0.25, 0.3) is 11.8 Å². The van der Waals surface area contributed by atoms with Crippen molar-refractivity contribution >= 4 is 22.8 Å².